The van der Waals surface area contributed by atoms with Crippen LogP contribution in [0.5, 0.6) is 0 Å². The fourth-order valence-electron chi connectivity index (χ4n) is 0.872. The molecule has 1 heterocycles. The number of aryl methyl sites for hydroxylation is 1. The Balaban J connectivity index is 2.54. The molecule has 1 amide bonds. The number of anilines is 1. The molecule has 0 saturated heterocycles. The molecule has 1 atom stereocenters. The van der Waals surface area contributed by atoms with Crippen molar-refractivity contribution in [1.29, 1.82) is 0 Å². The molecule has 1 aromatic rings. The normalized spacial score (nSPS) is 12.5. The topological polar surface area (TPSA) is 57.8 Å². The van der Waals surface area contributed by atoms with Gasteiger partial charge >= 0.3 is 0 Å². The minimum absolute atomic E-state index is 0.0611. The highest BCUT2D eigenvalue weighted by molar-refractivity contribution is 9.10. The quantitative estimate of drug-likeness (QED) is 0.799. The van der Waals surface area contributed by atoms with Gasteiger partial charge in [-0.05, 0) is 13.3 Å². The van der Waals surface area contributed by atoms with Crippen LogP contribution in [0.2, 0.25) is 0 Å². The van der Waals surface area contributed by atoms with E-state index in [1.54, 1.807) is 6.07 Å². The number of halogens is 1. The molecule has 0 aromatic carbocycles. The molecule has 0 aliphatic heterocycles. The summed E-state index contributed by atoms with van der Waals surface area (Å²) in [5, 5.41) is 9.33. The predicted octanol–water partition coefficient (Wildman–Crippen LogP) is 1.83. The lowest BCUT2D eigenvalue weighted by molar-refractivity contribution is -0.115. The lowest BCUT2D eigenvalue weighted by atomic mass is 10.3. The molecule has 72 valence electrons. The van der Waals surface area contributed by atoms with Crippen LogP contribution in [-0.2, 0) is 4.79 Å². The van der Waals surface area contributed by atoms with Gasteiger partial charge in [-0.25, -0.2) is 0 Å². The summed E-state index contributed by atoms with van der Waals surface area (Å²) in [6.07, 6.45) is 0.759. The van der Waals surface area contributed by atoms with E-state index >= 15 is 0 Å². The van der Waals surface area contributed by atoms with Gasteiger partial charge in [0.15, 0.2) is 5.82 Å². The summed E-state index contributed by atoms with van der Waals surface area (Å²) in [4.78, 5) is 11.2. The monoisotopic (exact) mass is 245 g/mol. The number of aromatic amines is 1. The van der Waals surface area contributed by atoms with Crippen molar-refractivity contribution >= 4 is 27.7 Å². The van der Waals surface area contributed by atoms with Gasteiger partial charge < -0.3 is 5.32 Å². The molecule has 1 aromatic heterocycles. The lowest BCUT2D eigenvalue weighted by Crippen LogP contribution is -2.22. The maximum Gasteiger partial charge on any atom is 0.239 e. The molecule has 0 saturated carbocycles. The van der Waals surface area contributed by atoms with Crippen LogP contribution in [0.25, 0.3) is 0 Å². The third kappa shape index (κ3) is 2.84. The van der Waals surface area contributed by atoms with E-state index in [4.69, 9.17) is 0 Å². The first kappa shape index (κ1) is 10.2. The fourth-order valence-corrected chi connectivity index (χ4v) is 0.986. The first-order chi connectivity index (χ1) is 6.13. The predicted molar refractivity (Wildman–Crippen MR) is 55.0 cm³/mol. The van der Waals surface area contributed by atoms with Crippen LogP contribution >= 0.6 is 15.9 Å². The van der Waals surface area contributed by atoms with Crippen LogP contribution < -0.4 is 5.32 Å². The van der Waals surface area contributed by atoms with E-state index < -0.39 is 0 Å². The van der Waals surface area contributed by atoms with Crippen molar-refractivity contribution in [2.24, 2.45) is 0 Å². The highest BCUT2D eigenvalue weighted by Crippen LogP contribution is 2.09. The molecular formula is C8H12BrN3O. The number of aromatic nitrogens is 2. The second kappa shape index (κ2) is 4.41. The Morgan fingerprint density at radius 3 is 3.00 bits per heavy atom. The summed E-state index contributed by atoms with van der Waals surface area (Å²) in [6, 6.07) is 1.78. The molecule has 0 aliphatic carbocycles. The highest BCUT2D eigenvalue weighted by atomic mass is 79.9. The fraction of sp³-hybridized carbons (Fsp3) is 0.500. The minimum Gasteiger partial charge on any atom is -0.308 e. The van der Waals surface area contributed by atoms with Gasteiger partial charge in [-0.15, -0.1) is 0 Å². The molecule has 0 radical (unpaired) electrons. The Bertz CT molecular complexity index is 297. The molecular weight excluding hydrogens is 234 g/mol. The molecule has 1 unspecified atom stereocenters. The Hall–Kier alpha value is -0.840. The molecule has 4 nitrogen and oxygen atoms in total. The molecule has 13 heavy (non-hydrogen) atoms. The number of carbonyl (C=O) groups excluding carboxylic acids is 1. The standard InChI is InChI=1S/C8H12BrN3O/c1-3-6(9)8(13)10-7-4-5(2)11-12-7/h4,6H,3H2,1-2H3,(H2,10,11,12,13). The van der Waals surface area contributed by atoms with E-state index in [1.807, 2.05) is 13.8 Å². The number of hydrogen-bond donors (Lipinski definition) is 2. The van der Waals surface area contributed by atoms with Gasteiger partial charge in [-0.1, -0.05) is 22.9 Å². The number of nitrogens with one attached hydrogen (secondary N) is 2. The average molecular weight is 246 g/mol. The third-order valence-corrected chi connectivity index (χ3v) is 2.66. The number of amides is 1. The summed E-state index contributed by atoms with van der Waals surface area (Å²) < 4.78 is 0. The summed E-state index contributed by atoms with van der Waals surface area (Å²) in [7, 11) is 0. The van der Waals surface area contributed by atoms with E-state index in [1.165, 1.54) is 0 Å². The lowest BCUT2D eigenvalue weighted by Gasteiger charge is -2.04. The minimum atomic E-state index is -0.149. The van der Waals surface area contributed by atoms with Gasteiger partial charge in [0.1, 0.15) is 0 Å². The van der Waals surface area contributed by atoms with Crippen molar-refractivity contribution in [1.82, 2.24) is 10.2 Å². The number of carbonyl (C=O) groups is 1. The van der Waals surface area contributed by atoms with Crippen LogP contribution in [0.15, 0.2) is 6.07 Å². The highest BCUT2D eigenvalue weighted by Gasteiger charge is 2.12. The van der Waals surface area contributed by atoms with Crippen LogP contribution in [0.3, 0.4) is 0 Å². The maximum atomic E-state index is 11.3. The summed E-state index contributed by atoms with van der Waals surface area (Å²) >= 11 is 3.26. The van der Waals surface area contributed by atoms with E-state index in [9.17, 15) is 4.79 Å². The van der Waals surface area contributed by atoms with E-state index in [2.05, 4.69) is 31.4 Å². The number of H-pyrrole nitrogens is 1. The van der Waals surface area contributed by atoms with Gasteiger partial charge in [0.25, 0.3) is 0 Å². The first-order valence-electron chi connectivity index (χ1n) is 4.10. The molecule has 0 aliphatic rings. The van der Waals surface area contributed by atoms with Crippen molar-refractivity contribution in [3.8, 4) is 0 Å². The van der Waals surface area contributed by atoms with E-state index in [-0.39, 0.29) is 10.7 Å². The van der Waals surface area contributed by atoms with Crippen LogP contribution in [-0.4, -0.2) is 20.9 Å². The first-order valence-corrected chi connectivity index (χ1v) is 5.02. The number of alkyl halides is 1. The zero-order chi connectivity index (χ0) is 9.84. The molecule has 5 heteroatoms. The summed E-state index contributed by atoms with van der Waals surface area (Å²) in [6.45, 7) is 3.82. The van der Waals surface area contributed by atoms with Crippen LogP contribution in [0.1, 0.15) is 19.0 Å². The van der Waals surface area contributed by atoms with Crippen molar-refractivity contribution in [2.45, 2.75) is 25.1 Å². The average Bonchev–Trinajstić information content (AvgIpc) is 2.49. The third-order valence-electron chi connectivity index (χ3n) is 1.60. The number of hydrogen-bond acceptors (Lipinski definition) is 2. The summed E-state index contributed by atoms with van der Waals surface area (Å²) in [5.41, 5.74) is 0.929. The number of nitrogens with zero attached hydrogens (tertiary/aromatic N) is 1. The van der Waals surface area contributed by atoms with Gasteiger partial charge in [-0.3, -0.25) is 9.89 Å². The number of rotatable bonds is 3. The molecule has 0 spiro atoms. The van der Waals surface area contributed by atoms with Crippen LogP contribution in [0.4, 0.5) is 5.82 Å². The van der Waals surface area contributed by atoms with Crippen LogP contribution in [0, 0.1) is 6.92 Å². The maximum absolute atomic E-state index is 11.3. The van der Waals surface area contributed by atoms with Gasteiger partial charge in [0, 0.05) is 11.8 Å². The molecule has 0 bridgehead atoms. The molecule has 2 N–H and O–H groups in total. The molecule has 0 fully saturated rings. The summed E-state index contributed by atoms with van der Waals surface area (Å²) in [5.74, 6) is 0.509. The van der Waals surface area contributed by atoms with Crippen molar-refractivity contribution < 1.29 is 4.79 Å². The second-order valence-electron chi connectivity index (χ2n) is 2.80. The zero-order valence-electron chi connectivity index (χ0n) is 7.60. The van der Waals surface area contributed by atoms with Crippen molar-refractivity contribution in [2.75, 3.05) is 5.32 Å². The Labute approximate surface area is 85.2 Å². The van der Waals surface area contributed by atoms with Gasteiger partial charge in [0.2, 0.25) is 5.91 Å². The van der Waals surface area contributed by atoms with Gasteiger partial charge in [0.05, 0.1) is 4.83 Å². The second-order valence-corrected chi connectivity index (χ2v) is 3.91. The van der Waals surface area contributed by atoms with Crippen molar-refractivity contribution in [3.05, 3.63) is 11.8 Å². The van der Waals surface area contributed by atoms with E-state index in [0.717, 1.165) is 12.1 Å². The van der Waals surface area contributed by atoms with Crippen molar-refractivity contribution in [3.63, 3.8) is 0 Å². The Morgan fingerprint density at radius 2 is 2.54 bits per heavy atom. The SMILES string of the molecule is CCC(Br)C(=O)Nc1cc(C)[nH]n1. The largest absolute Gasteiger partial charge is 0.308 e. The molecule has 1 rings (SSSR count). The Kier molecular flexibility index (Phi) is 3.48. The van der Waals surface area contributed by atoms with E-state index in [0.29, 0.717) is 5.82 Å². The Morgan fingerprint density at radius 1 is 1.85 bits per heavy atom. The van der Waals surface area contributed by atoms with Gasteiger partial charge in [-0.2, -0.15) is 5.10 Å². The zero-order valence-corrected chi connectivity index (χ0v) is 9.18. The smallest absolute Gasteiger partial charge is 0.239 e.